The van der Waals surface area contributed by atoms with E-state index in [1.54, 1.807) is 0 Å². The number of hydrogen-bond donors (Lipinski definition) is 0. The van der Waals surface area contributed by atoms with Crippen LogP contribution in [-0.4, -0.2) is 49.1 Å². The number of likely N-dealkylation sites (tertiary alicyclic amines) is 2. The van der Waals surface area contributed by atoms with Crippen LogP contribution in [0.4, 0.5) is 0 Å². The Balaban J connectivity index is 0.000000956. The summed E-state index contributed by atoms with van der Waals surface area (Å²) in [5.74, 6) is 2.01. The van der Waals surface area contributed by atoms with Gasteiger partial charge < -0.3 is 4.90 Å². The Morgan fingerprint density at radius 3 is 2.05 bits per heavy atom. The molecule has 0 N–H and O–H groups in total. The lowest BCUT2D eigenvalue weighted by atomic mass is 9.86. The number of rotatable bonds is 6. The summed E-state index contributed by atoms with van der Waals surface area (Å²) in [6, 6.07) is 0. The summed E-state index contributed by atoms with van der Waals surface area (Å²) in [5, 5.41) is 0. The standard InChI is InChI=1S/C16H30N2.C2H6/c1-4-17-12-16(13-17)6-5-15-7-9-18(10-8-15)11-14(2)3;1-2/h15-16H,2,4-13H2,1,3H3;1-2H3. The third kappa shape index (κ3) is 5.97. The quantitative estimate of drug-likeness (QED) is 0.678. The van der Waals surface area contributed by atoms with Gasteiger partial charge in [0.1, 0.15) is 0 Å². The molecule has 20 heavy (non-hydrogen) atoms. The molecule has 0 amide bonds. The molecule has 0 atom stereocenters. The van der Waals surface area contributed by atoms with Gasteiger partial charge in [-0.05, 0) is 64.1 Å². The van der Waals surface area contributed by atoms with Crippen LogP contribution in [0, 0.1) is 11.8 Å². The highest BCUT2D eigenvalue weighted by Gasteiger charge is 2.26. The van der Waals surface area contributed by atoms with Crippen molar-refractivity contribution in [3.8, 4) is 0 Å². The lowest BCUT2D eigenvalue weighted by Crippen LogP contribution is -2.46. The lowest BCUT2D eigenvalue weighted by molar-refractivity contribution is 0.0900. The second-order valence-corrected chi connectivity index (χ2v) is 6.47. The van der Waals surface area contributed by atoms with Crippen LogP contribution in [0.25, 0.3) is 0 Å². The molecule has 118 valence electrons. The molecule has 2 saturated heterocycles. The summed E-state index contributed by atoms with van der Waals surface area (Å²) in [6.07, 6.45) is 5.78. The molecule has 0 aromatic rings. The van der Waals surface area contributed by atoms with E-state index < -0.39 is 0 Å². The van der Waals surface area contributed by atoms with Gasteiger partial charge in [-0.3, -0.25) is 4.90 Å². The average molecular weight is 280 g/mol. The Hall–Kier alpha value is -0.340. The average Bonchev–Trinajstić information content (AvgIpc) is 2.41. The molecule has 0 aromatic carbocycles. The van der Waals surface area contributed by atoms with Crippen LogP contribution in [0.1, 0.15) is 53.4 Å². The molecule has 2 aliphatic heterocycles. The first-order valence-corrected chi connectivity index (χ1v) is 8.76. The first-order valence-electron chi connectivity index (χ1n) is 8.76. The maximum atomic E-state index is 4.02. The predicted molar refractivity (Wildman–Crippen MR) is 90.2 cm³/mol. The van der Waals surface area contributed by atoms with Crippen LogP contribution in [0.3, 0.4) is 0 Å². The van der Waals surface area contributed by atoms with Crippen molar-refractivity contribution in [3.63, 3.8) is 0 Å². The molecule has 2 nitrogen and oxygen atoms in total. The summed E-state index contributed by atoms with van der Waals surface area (Å²) >= 11 is 0. The van der Waals surface area contributed by atoms with Crippen LogP contribution in [0.2, 0.25) is 0 Å². The zero-order valence-corrected chi connectivity index (χ0v) is 14.3. The Labute approximate surface area is 127 Å². The van der Waals surface area contributed by atoms with Gasteiger partial charge in [-0.2, -0.15) is 0 Å². The highest BCUT2D eigenvalue weighted by atomic mass is 15.2. The van der Waals surface area contributed by atoms with Gasteiger partial charge in [0, 0.05) is 19.6 Å². The van der Waals surface area contributed by atoms with Gasteiger partial charge in [0.25, 0.3) is 0 Å². The topological polar surface area (TPSA) is 6.48 Å². The fourth-order valence-electron chi connectivity index (χ4n) is 3.40. The van der Waals surface area contributed by atoms with E-state index in [1.165, 1.54) is 64.0 Å². The van der Waals surface area contributed by atoms with Crippen molar-refractivity contribution < 1.29 is 0 Å². The molecular weight excluding hydrogens is 244 g/mol. The van der Waals surface area contributed by atoms with Crippen molar-refractivity contribution in [1.82, 2.24) is 9.80 Å². The number of piperidine rings is 1. The van der Waals surface area contributed by atoms with E-state index in [1.807, 2.05) is 13.8 Å². The van der Waals surface area contributed by atoms with Crippen LogP contribution in [-0.2, 0) is 0 Å². The summed E-state index contributed by atoms with van der Waals surface area (Å²) in [7, 11) is 0. The molecule has 0 spiro atoms. The van der Waals surface area contributed by atoms with E-state index in [4.69, 9.17) is 0 Å². The minimum absolute atomic E-state index is 1.00. The minimum Gasteiger partial charge on any atom is -0.303 e. The van der Waals surface area contributed by atoms with Crippen molar-refractivity contribution in [1.29, 1.82) is 0 Å². The van der Waals surface area contributed by atoms with Gasteiger partial charge in [0.2, 0.25) is 0 Å². The minimum atomic E-state index is 1.00. The Bertz CT molecular complexity index is 261. The van der Waals surface area contributed by atoms with E-state index >= 15 is 0 Å². The predicted octanol–water partition coefficient (Wildman–Crippen LogP) is 4.03. The highest BCUT2D eigenvalue weighted by molar-refractivity contribution is 4.93. The SMILES string of the molecule is C=C(C)CN1CCC(CCC2CN(CC)C2)CC1.CC. The van der Waals surface area contributed by atoms with Gasteiger partial charge in [-0.1, -0.05) is 32.9 Å². The molecule has 2 heteroatoms. The molecule has 0 aliphatic carbocycles. The summed E-state index contributed by atoms with van der Waals surface area (Å²) < 4.78 is 0. The van der Waals surface area contributed by atoms with E-state index in [9.17, 15) is 0 Å². The van der Waals surface area contributed by atoms with Crippen molar-refractivity contribution >= 4 is 0 Å². The van der Waals surface area contributed by atoms with Crippen LogP contribution >= 0.6 is 0 Å². The molecule has 0 bridgehead atoms. The number of nitrogens with zero attached hydrogens (tertiary/aromatic N) is 2. The zero-order chi connectivity index (χ0) is 15.0. The molecule has 2 aliphatic rings. The second kappa shape index (κ2) is 9.57. The molecule has 2 fully saturated rings. The van der Waals surface area contributed by atoms with Crippen LogP contribution in [0.5, 0.6) is 0 Å². The summed E-state index contributed by atoms with van der Waals surface area (Å²) in [5.41, 5.74) is 1.31. The summed E-state index contributed by atoms with van der Waals surface area (Å²) in [4.78, 5) is 5.13. The fourth-order valence-corrected chi connectivity index (χ4v) is 3.40. The van der Waals surface area contributed by atoms with Gasteiger partial charge in [-0.25, -0.2) is 0 Å². The first kappa shape index (κ1) is 17.7. The van der Waals surface area contributed by atoms with Gasteiger partial charge >= 0.3 is 0 Å². The third-order valence-electron chi connectivity index (χ3n) is 4.66. The zero-order valence-electron chi connectivity index (χ0n) is 14.3. The van der Waals surface area contributed by atoms with Gasteiger partial charge in [0.15, 0.2) is 0 Å². The van der Waals surface area contributed by atoms with Crippen molar-refractivity contribution in [2.75, 3.05) is 39.3 Å². The largest absolute Gasteiger partial charge is 0.303 e. The van der Waals surface area contributed by atoms with Crippen molar-refractivity contribution in [3.05, 3.63) is 12.2 Å². The van der Waals surface area contributed by atoms with E-state index in [0.29, 0.717) is 0 Å². The Morgan fingerprint density at radius 2 is 1.55 bits per heavy atom. The molecule has 2 rings (SSSR count). The van der Waals surface area contributed by atoms with Crippen LogP contribution < -0.4 is 0 Å². The summed E-state index contributed by atoms with van der Waals surface area (Å²) in [6.45, 7) is 20.1. The highest BCUT2D eigenvalue weighted by Crippen LogP contribution is 2.27. The Kier molecular flexibility index (Phi) is 8.47. The molecule has 0 radical (unpaired) electrons. The maximum absolute atomic E-state index is 4.02. The van der Waals surface area contributed by atoms with E-state index in [0.717, 1.165) is 18.4 Å². The fraction of sp³-hybridized carbons (Fsp3) is 0.889. The van der Waals surface area contributed by atoms with Crippen molar-refractivity contribution in [2.45, 2.75) is 53.4 Å². The molecule has 2 heterocycles. The monoisotopic (exact) mass is 280 g/mol. The Morgan fingerprint density at radius 1 is 1.00 bits per heavy atom. The van der Waals surface area contributed by atoms with Gasteiger partial charge in [-0.15, -0.1) is 0 Å². The molecule has 0 saturated carbocycles. The normalized spacial score (nSPS) is 22.0. The third-order valence-corrected chi connectivity index (χ3v) is 4.66. The number of hydrogen-bond acceptors (Lipinski definition) is 2. The molecule has 0 unspecified atom stereocenters. The van der Waals surface area contributed by atoms with Gasteiger partial charge in [0.05, 0.1) is 0 Å². The smallest absolute Gasteiger partial charge is 0.0187 e. The second-order valence-electron chi connectivity index (χ2n) is 6.47. The van der Waals surface area contributed by atoms with E-state index in [2.05, 4.69) is 30.2 Å². The first-order chi connectivity index (χ1) is 9.67. The van der Waals surface area contributed by atoms with Crippen molar-refractivity contribution in [2.24, 2.45) is 11.8 Å². The maximum Gasteiger partial charge on any atom is 0.0187 e. The van der Waals surface area contributed by atoms with E-state index in [-0.39, 0.29) is 0 Å². The lowest BCUT2D eigenvalue weighted by Gasteiger charge is -2.40. The van der Waals surface area contributed by atoms with Crippen LogP contribution in [0.15, 0.2) is 12.2 Å². The molecular formula is C18H36N2. The molecule has 0 aromatic heterocycles.